The molecule has 2 aromatic carbocycles. The third-order valence-corrected chi connectivity index (χ3v) is 6.46. The first-order valence-electron chi connectivity index (χ1n) is 8.88. The number of nitrogens with zero attached hydrogens (tertiary/aromatic N) is 3. The van der Waals surface area contributed by atoms with Crippen LogP contribution in [0.15, 0.2) is 78.0 Å². The van der Waals surface area contributed by atoms with Gasteiger partial charge in [0.2, 0.25) is 21.9 Å². The fourth-order valence-corrected chi connectivity index (χ4v) is 4.39. The summed E-state index contributed by atoms with van der Waals surface area (Å²) < 4.78 is 52.2. The number of hydrogen-bond donors (Lipinski definition) is 2. The smallest absolute Gasteiger partial charge is 0.264 e. The van der Waals surface area contributed by atoms with Gasteiger partial charge in [0.1, 0.15) is 6.54 Å². The number of rotatable bonds is 8. The maximum Gasteiger partial charge on any atom is 0.264 e. The van der Waals surface area contributed by atoms with E-state index in [4.69, 9.17) is 0 Å². The fourth-order valence-electron chi connectivity index (χ4n) is 2.57. The van der Waals surface area contributed by atoms with Gasteiger partial charge in [-0.2, -0.15) is 0 Å². The minimum absolute atomic E-state index is 0.0556. The van der Waals surface area contributed by atoms with E-state index < -0.39 is 32.5 Å². The highest BCUT2D eigenvalue weighted by Gasteiger charge is 2.21. The molecule has 0 aliphatic carbocycles. The summed E-state index contributed by atoms with van der Waals surface area (Å²) >= 11 is 0. The molecule has 0 aliphatic rings. The highest BCUT2D eigenvalue weighted by atomic mass is 32.2. The monoisotopic (exact) mass is 461 g/mol. The first-order valence-corrected chi connectivity index (χ1v) is 12.2. The van der Waals surface area contributed by atoms with Crippen molar-refractivity contribution in [2.24, 2.45) is 0 Å². The second-order valence-electron chi connectivity index (χ2n) is 6.36. The van der Waals surface area contributed by atoms with Gasteiger partial charge >= 0.3 is 0 Å². The Hall–Kier alpha value is -3.51. The van der Waals surface area contributed by atoms with Gasteiger partial charge in [-0.25, -0.2) is 31.5 Å². The lowest BCUT2D eigenvalue weighted by Crippen LogP contribution is -2.37. The molecule has 1 heterocycles. The molecule has 3 rings (SSSR count). The Bertz CT molecular complexity index is 1250. The fraction of sp³-hybridized carbons (Fsp3) is 0.105. The summed E-state index contributed by atoms with van der Waals surface area (Å²) in [4.78, 5) is 20.0. The van der Waals surface area contributed by atoms with E-state index in [0.29, 0.717) is 11.4 Å². The van der Waals surface area contributed by atoms with Crippen LogP contribution in [0.1, 0.15) is 0 Å². The van der Waals surface area contributed by atoms with Crippen molar-refractivity contribution >= 4 is 43.3 Å². The van der Waals surface area contributed by atoms with Crippen molar-refractivity contribution in [1.29, 1.82) is 0 Å². The number of benzene rings is 2. The molecule has 162 valence electrons. The molecule has 2 N–H and O–H groups in total. The van der Waals surface area contributed by atoms with Crippen LogP contribution in [0.3, 0.4) is 0 Å². The van der Waals surface area contributed by atoms with Crippen molar-refractivity contribution in [2.45, 2.75) is 4.90 Å². The van der Waals surface area contributed by atoms with Gasteiger partial charge in [-0.1, -0.05) is 18.2 Å². The first-order chi connectivity index (χ1) is 14.6. The Balaban J connectivity index is 1.69. The topological polar surface area (TPSA) is 138 Å². The van der Waals surface area contributed by atoms with Gasteiger partial charge in [0, 0.05) is 18.1 Å². The maximum atomic E-state index is 12.4. The van der Waals surface area contributed by atoms with E-state index >= 15 is 0 Å². The lowest BCUT2D eigenvalue weighted by molar-refractivity contribution is -0.114. The molecule has 31 heavy (non-hydrogen) atoms. The number of aromatic nitrogens is 2. The van der Waals surface area contributed by atoms with Crippen LogP contribution in [0.4, 0.5) is 17.3 Å². The molecule has 0 spiro atoms. The van der Waals surface area contributed by atoms with E-state index in [1.807, 2.05) is 0 Å². The van der Waals surface area contributed by atoms with Crippen LogP contribution in [0.5, 0.6) is 0 Å². The second kappa shape index (κ2) is 9.10. The van der Waals surface area contributed by atoms with Crippen molar-refractivity contribution < 1.29 is 21.6 Å². The molecule has 3 aromatic rings. The van der Waals surface area contributed by atoms with Crippen molar-refractivity contribution in [3.63, 3.8) is 0 Å². The SMILES string of the molecule is CS(=O)(=O)N(CC(=O)Nc1ccc(S(=O)(=O)Nc2ncccn2)cc1)c1ccccc1. The number of carbonyl (C=O) groups excluding carboxylic acids is 1. The van der Waals surface area contributed by atoms with Gasteiger partial charge < -0.3 is 5.32 Å². The van der Waals surface area contributed by atoms with Gasteiger partial charge in [0.05, 0.1) is 16.8 Å². The summed E-state index contributed by atoms with van der Waals surface area (Å²) in [6.07, 6.45) is 3.81. The van der Waals surface area contributed by atoms with Crippen LogP contribution in [-0.2, 0) is 24.8 Å². The van der Waals surface area contributed by atoms with Gasteiger partial charge in [-0.3, -0.25) is 9.10 Å². The largest absolute Gasteiger partial charge is 0.325 e. The molecule has 0 unspecified atom stereocenters. The van der Waals surface area contributed by atoms with E-state index in [-0.39, 0.29) is 10.8 Å². The zero-order valence-electron chi connectivity index (χ0n) is 16.3. The normalized spacial score (nSPS) is 11.5. The molecule has 1 amide bonds. The van der Waals surface area contributed by atoms with Gasteiger partial charge in [-0.05, 0) is 42.5 Å². The van der Waals surface area contributed by atoms with Gasteiger partial charge in [0.25, 0.3) is 10.0 Å². The number of amides is 1. The third kappa shape index (κ3) is 5.99. The molecule has 12 heteroatoms. The lowest BCUT2D eigenvalue weighted by Gasteiger charge is -2.21. The molecular formula is C19H19N5O5S2. The van der Waals surface area contributed by atoms with Crippen molar-refractivity contribution in [3.8, 4) is 0 Å². The highest BCUT2D eigenvalue weighted by molar-refractivity contribution is 7.92. The van der Waals surface area contributed by atoms with Gasteiger partial charge in [-0.15, -0.1) is 0 Å². The molecule has 10 nitrogen and oxygen atoms in total. The summed E-state index contributed by atoms with van der Waals surface area (Å²) in [5.74, 6) is -0.651. The molecule has 0 saturated heterocycles. The Labute approximate surface area is 180 Å². The van der Waals surface area contributed by atoms with Crippen LogP contribution in [0.25, 0.3) is 0 Å². The van der Waals surface area contributed by atoms with Crippen LogP contribution in [0, 0.1) is 0 Å². The molecule has 0 atom stereocenters. The Morgan fingerprint density at radius 2 is 1.52 bits per heavy atom. The summed E-state index contributed by atoms with van der Waals surface area (Å²) in [6, 6.07) is 15.2. The number of sulfonamides is 2. The number of carbonyl (C=O) groups is 1. The zero-order valence-corrected chi connectivity index (χ0v) is 18.0. The predicted octanol–water partition coefficient (Wildman–Crippen LogP) is 1.68. The predicted molar refractivity (Wildman–Crippen MR) is 117 cm³/mol. The summed E-state index contributed by atoms with van der Waals surface area (Å²) in [6.45, 7) is -0.435. The summed E-state index contributed by atoms with van der Waals surface area (Å²) in [7, 11) is -7.60. The Morgan fingerprint density at radius 1 is 0.903 bits per heavy atom. The summed E-state index contributed by atoms with van der Waals surface area (Å²) in [5.41, 5.74) is 0.664. The summed E-state index contributed by atoms with van der Waals surface area (Å²) in [5, 5.41) is 2.56. The quantitative estimate of drug-likeness (QED) is 0.520. The van der Waals surface area contributed by atoms with Crippen LogP contribution in [-0.4, -0.2) is 45.5 Å². The van der Waals surface area contributed by atoms with E-state index in [1.165, 1.54) is 36.7 Å². The highest BCUT2D eigenvalue weighted by Crippen LogP contribution is 2.18. The molecule has 0 radical (unpaired) electrons. The minimum Gasteiger partial charge on any atom is -0.325 e. The van der Waals surface area contributed by atoms with E-state index in [0.717, 1.165) is 10.6 Å². The standard InChI is InChI=1S/C19H19N5O5S2/c1-30(26,27)24(16-6-3-2-4-7-16)14-18(25)22-15-8-10-17(11-9-15)31(28,29)23-19-20-12-5-13-21-19/h2-13H,14H2,1H3,(H,22,25)(H,20,21,23). The number of anilines is 3. The van der Waals surface area contributed by atoms with E-state index in [1.54, 1.807) is 36.4 Å². The molecule has 0 aliphatic heterocycles. The average molecular weight is 462 g/mol. The lowest BCUT2D eigenvalue weighted by atomic mass is 10.3. The Morgan fingerprint density at radius 3 is 2.10 bits per heavy atom. The van der Waals surface area contributed by atoms with Crippen molar-refractivity contribution in [2.75, 3.05) is 27.1 Å². The molecule has 1 aromatic heterocycles. The molecule has 0 fully saturated rings. The number of para-hydroxylation sites is 1. The minimum atomic E-state index is -3.91. The number of hydrogen-bond acceptors (Lipinski definition) is 7. The molecule has 0 saturated carbocycles. The first kappa shape index (κ1) is 22.2. The Kier molecular flexibility index (Phi) is 6.51. The van der Waals surface area contributed by atoms with Crippen LogP contribution in [0.2, 0.25) is 0 Å². The van der Waals surface area contributed by atoms with Crippen LogP contribution < -0.4 is 14.3 Å². The third-order valence-electron chi connectivity index (χ3n) is 3.97. The van der Waals surface area contributed by atoms with Crippen molar-refractivity contribution in [1.82, 2.24) is 9.97 Å². The second-order valence-corrected chi connectivity index (χ2v) is 9.94. The zero-order chi connectivity index (χ0) is 22.5. The molecule has 0 bridgehead atoms. The van der Waals surface area contributed by atoms with E-state index in [2.05, 4.69) is 20.0 Å². The molecular weight excluding hydrogens is 442 g/mol. The average Bonchev–Trinajstić information content (AvgIpc) is 2.73. The van der Waals surface area contributed by atoms with E-state index in [9.17, 15) is 21.6 Å². The maximum absolute atomic E-state index is 12.4. The van der Waals surface area contributed by atoms with Crippen LogP contribution >= 0.6 is 0 Å². The van der Waals surface area contributed by atoms with Gasteiger partial charge in [0.15, 0.2) is 0 Å². The number of nitrogens with one attached hydrogen (secondary N) is 2. The van der Waals surface area contributed by atoms with Crippen molar-refractivity contribution in [3.05, 3.63) is 73.1 Å².